The summed E-state index contributed by atoms with van der Waals surface area (Å²) in [6, 6.07) is 4.78. The standard InChI is InChI=1S/C95H122N20O19S3/c1-8-62-31-77(118)85(55(7)116)111-88(127)65(32-76(117)54(6)96)49-135-23-19-79(120)112-43-56-26-58(36-98-34-56)45-113-46-59-28-61(39-100-37-59)48-114(47-60-27-57(44-112)35-99-38-60)81(122)21-25-137-51-74(108-87(62)126)92(131)105-71(30-64-41-102-69-17-12-10-15-67(64)69)91(130)109-83(52(2)3)94(133)106-72(33-82(123)124)89(128)103-42-78(119)104-70(29-63-40-101-68-16-11-9-14-66(63)68)90(129)110-84(53(4)5)95(134)115-22-13-18-75(115)93(132)107-73(86(97)125)50-136-24-20-80(113)121/h9-12,14-17,26-28,34-41,52-55,62,65,70-75,83-85,101-102,116H,8,13,18-25,29-33,42-51,96H2,1-7H3,(H2,97,125)(H,103,128)(H,104,119)(H,105,131)(H,106,133)(H,107,132)(H,108,126)(H,109,130)(H,110,129)(H,111,127)(H,123,124)/t54-,55+,62+,65-,70-,71-,72-,73-,74-,75-,83-,84-,85-/m0/s1. The minimum atomic E-state index is -1.95. The Hall–Kier alpha value is -12.7. The van der Waals surface area contributed by atoms with Crippen molar-refractivity contribution < 1.29 is 91.7 Å². The monoisotopic (exact) mass is 1940 g/mol. The van der Waals surface area contributed by atoms with Crippen molar-refractivity contribution in [2.45, 2.75) is 225 Å². The van der Waals surface area contributed by atoms with E-state index < -0.39 is 204 Å². The number of aliphatic hydroxyl groups excluding tert-OH is 1. The Labute approximate surface area is 805 Å². The maximum atomic E-state index is 15.6. The van der Waals surface area contributed by atoms with Crippen LogP contribution in [0.1, 0.15) is 151 Å². The van der Waals surface area contributed by atoms with Crippen molar-refractivity contribution in [1.29, 1.82) is 0 Å². The number of pyridine rings is 3. The third-order valence-corrected chi connectivity index (χ3v) is 27.7. The van der Waals surface area contributed by atoms with Crippen molar-refractivity contribution in [3.63, 3.8) is 0 Å². The van der Waals surface area contributed by atoms with Gasteiger partial charge in [0.25, 0.3) is 0 Å². The molecule has 5 aromatic heterocycles. The molecular weight excluding hydrogens is 1820 g/mol. The molecule has 2 aromatic carbocycles. The average Bonchev–Trinajstić information content (AvgIpc) is 1.68. The van der Waals surface area contributed by atoms with E-state index in [1.54, 1.807) is 134 Å². The number of rotatable bonds is 14. The summed E-state index contributed by atoms with van der Waals surface area (Å²) in [5.74, 6) is -18.5. The number of carbonyl (C=O) groups is 17. The first-order valence-electron chi connectivity index (χ1n) is 45.9. The molecule has 137 heavy (non-hydrogen) atoms. The smallest absolute Gasteiger partial charge is 0.305 e. The molecule has 0 saturated carbocycles. The number of hydrogen-bond acceptors (Lipinski definition) is 25. The summed E-state index contributed by atoms with van der Waals surface area (Å²) in [5, 5.41) is 46.8. The number of aromatic amines is 2. The zero-order chi connectivity index (χ0) is 98.8. The molecule has 42 heteroatoms. The molecule has 11 rings (SSSR count). The van der Waals surface area contributed by atoms with Gasteiger partial charge in [0.05, 0.1) is 31.0 Å². The minimum Gasteiger partial charge on any atom is -0.481 e. The third-order valence-electron chi connectivity index (χ3n) is 24.4. The second kappa shape index (κ2) is 49.9. The Kier molecular flexibility index (Phi) is 38.2. The van der Waals surface area contributed by atoms with E-state index in [-0.39, 0.29) is 137 Å². The number of hydrogen-bond donors (Lipinski definition) is 15. The maximum Gasteiger partial charge on any atom is 0.305 e. The van der Waals surface area contributed by atoms with Crippen LogP contribution in [-0.2, 0) is 134 Å². The van der Waals surface area contributed by atoms with Crippen LogP contribution >= 0.6 is 35.3 Å². The number of H-pyrrole nitrogens is 2. The number of aromatic nitrogens is 5. The number of aliphatic carboxylic acids is 1. The van der Waals surface area contributed by atoms with Crippen LogP contribution in [0.25, 0.3) is 21.8 Å². The number of carboxylic acid groups (broad SMARTS) is 1. The van der Waals surface area contributed by atoms with Gasteiger partial charge in [-0.15, -0.1) is 0 Å². The molecule has 9 heterocycles. The van der Waals surface area contributed by atoms with Gasteiger partial charge >= 0.3 is 5.97 Å². The summed E-state index contributed by atoms with van der Waals surface area (Å²) in [7, 11) is 0. The Morgan fingerprint density at radius 2 is 0.949 bits per heavy atom. The van der Waals surface area contributed by atoms with Gasteiger partial charge in [-0.3, -0.25) is 96.5 Å². The number of thioether (sulfide) groups is 3. The van der Waals surface area contributed by atoms with Gasteiger partial charge in [0.15, 0.2) is 5.78 Å². The first-order chi connectivity index (χ1) is 65.5. The lowest BCUT2D eigenvalue weighted by molar-refractivity contribution is -0.143. The molecule has 0 radical (unpaired) electrons. The van der Waals surface area contributed by atoms with Gasteiger partial charge in [0, 0.05) is 203 Å². The van der Waals surface area contributed by atoms with Crippen LogP contribution in [0.2, 0.25) is 0 Å². The number of nitrogens with two attached hydrogens (primary N) is 2. The summed E-state index contributed by atoms with van der Waals surface area (Å²) < 4.78 is 0. The number of nitrogens with one attached hydrogen (secondary N) is 11. The average molecular weight is 1940 g/mol. The van der Waals surface area contributed by atoms with E-state index in [9.17, 15) is 67.7 Å². The Morgan fingerprint density at radius 3 is 1.42 bits per heavy atom. The number of para-hydroxylation sites is 2. The number of Topliss-reactive ketones (excluding diaryl/α,β-unsaturated/α-hetero) is 2. The highest BCUT2D eigenvalue weighted by Gasteiger charge is 2.43. The molecular formula is C95H122N20O19S3. The molecule has 1 saturated heterocycles. The lowest BCUT2D eigenvalue weighted by Crippen LogP contribution is -2.61. The van der Waals surface area contributed by atoms with E-state index in [2.05, 4.69) is 72.8 Å². The van der Waals surface area contributed by atoms with Crippen LogP contribution in [0, 0.1) is 23.7 Å². The quantitative estimate of drug-likeness (QED) is 0.0742. The Balaban J connectivity index is 0.983. The van der Waals surface area contributed by atoms with E-state index in [0.29, 0.717) is 72.7 Å². The van der Waals surface area contributed by atoms with E-state index in [1.165, 1.54) is 44.4 Å². The van der Waals surface area contributed by atoms with Gasteiger partial charge < -0.3 is 99.1 Å². The number of amides is 14. The van der Waals surface area contributed by atoms with E-state index in [4.69, 9.17) is 11.5 Å². The fraction of sp³-hybridized carbons (Fsp3) is 0.495. The molecule has 4 aliphatic heterocycles. The lowest BCUT2D eigenvalue weighted by Gasteiger charge is -2.32. The van der Waals surface area contributed by atoms with Gasteiger partial charge in [0.2, 0.25) is 82.7 Å². The molecule has 1 fully saturated rings. The molecule has 0 unspecified atom stereocenters. The van der Waals surface area contributed by atoms with Crippen LogP contribution in [0.15, 0.2) is 116 Å². The SMILES string of the molecule is CC[C@@H]1CC(=O)[C@H]([C@@H](C)O)NC(=O)[C@@H](CC(=O)[C@H](C)N)CSCCC(=O)N2Cc3cncc(c3)CN3Cc4cncc(c4)CN(Cc4cncc(c4)C2)C(=O)CCSC[C@H](NC1=O)C(=O)N[C@@H](Cc1c[nH]c2ccccc12)C(=O)N[C@@H](C(C)C)C(=O)N[C@@H](CC(=O)O)C(=O)NCC(=O)N[C@@H](Cc1c[nH]c2ccccc12)C(=O)N[C@@H](C(C)C)C(=O)N1CCC[C@H]1C(=O)N[C@H](C(N)=O)CSCCC3=O. The number of primary amides is 1. The second-order valence-electron chi connectivity index (χ2n) is 35.8. The second-order valence-corrected chi connectivity index (χ2v) is 39.3. The van der Waals surface area contributed by atoms with Crippen molar-refractivity contribution in [1.82, 2.24) is 92.4 Å². The normalized spacial score (nSPS) is 23.9. The van der Waals surface area contributed by atoms with E-state index >= 15 is 24.0 Å². The minimum absolute atomic E-state index is 0.0278. The lowest BCUT2D eigenvalue weighted by atomic mass is 9.92. The highest BCUT2D eigenvalue weighted by Crippen LogP contribution is 2.29. The van der Waals surface area contributed by atoms with E-state index in [0.717, 1.165) is 23.5 Å². The van der Waals surface area contributed by atoms with Gasteiger partial charge in [-0.2, -0.15) is 35.3 Å². The topological polar surface area (TPSA) is 574 Å². The first kappa shape index (κ1) is 105. The summed E-state index contributed by atoms with van der Waals surface area (Å²) in [5.41, 5.74) is 17.7. The zero-order valence-corrected chi connectivity index (χ0v) is 80.1. The van der Waals surface area contributed by atoms with Crippen LogP contribution in [-0.4, -0.2) is 269 Å². The molecule has 13 atom stereocenters. The zero-order valence-electron chi connectivity index (χ0n) is 77.7. The Bertz CT molecular complexity index is 5580. The third kappa shape index (κ3) is 29.7. The highest BCUT2D eigenvalue weighted by atomic mass is 32.2. The van der Waals surface area contributed by atoms with Gasteiger partial charge in [-0.05, 0) is 120 Å². The Morgan fingerprint density at radius 1 is 0.496 bits per heavy atom. The number of ketones is 2. The highest BCUT2D eigenvalue weighted by molar-refractivity contribution is 7.99. The van der Waals surface area contributed by atoms with Crippen molar-refractivity contribution in [3.8, 4) is 0 Å². The summed E-state index contributed by atoms with van der Waals surface area (Å²) in [4.78, 5) is 275. The molecule has 734 valence electrons. The summed E-state index contributed by atoms with van der Waals surface area (Å²) in [6.45, 7) is 9.56. The number of aliphatic hydroxyl groups is 1. The number of benzene rings is 2. The van der Waals surface area contributed by atoms with Gasteiger partial charge in [-0.25, -0.2) is 0 Å². The maximum absolute atomic E-state index is 15.6. The molecule has 17 N–H and O–H groups in total. The van der Waals surface area contributed by atoms with Gasteiger partial charge in [-0.1, -0.05) is 71.0 Å². The van der Waals surface area contributed by atoms with E-state index in [1.807, 2.05) is 18.2 Å². The number of fused-ring (bicyclic) bond motifs is 12. The van der Waals surface area contributed by atoms with Crippen molar-refractivity contribution in [2.75, 3.05) is 47.6 Å². The van der Waals surface area contributed by atoms with Crippen LogP contribution in [0.5, 0.6) is 0 Å². The largest absolute Gasteiger partial charge is 0.481 e. The molecule has 4 aliphatic rings. The number of carbonyl (C=O) groups excluding carboxylic acids is 16. The predicted octanol–water partition coefficient (Wildman–Crippen LogP) is 2.16. The predicted molar refractivity (Wildman–Crippen MR) is 511 cm³/mol. The van der Waals surface area contributed by atoms with Crippen molar-refractivity contribution >= 4 is 157 Å². The molecule has 14 amide bonds. The van der Waals surface area contributed by atoms with Crippen molar-refractivity contribution in [2.24, 2.45) is 35.1 Å². The molecule has 0 aliphatic carbocycles. The van der Waals surface area contributed by atoms with Crippen molar-refractivity contribution in [3.05, 3.63) is 161 Å². The fourth-order valence-corrected chi connectivity index (χ4v) is 19.8. The van der Waals surface area contributed by atoms with Crippen LogP contribution in [0.3, 0.4) is 0 Å². The first-order valence-corrected chi connectivity index (χ1v) is 49.4. The van der Waals surface area contributed by atoms with Crippen LogP contribution < -0.4 is 59.3 Å². The number of carboxylic acids is 1. The molecule has 0 spiro atoms. The van der Waals surface area contributed by atoms with Crippen LogP contribution in [0.4, 0.5) is 0 Å². The molecule has 7 aromatic rings. The number of nitrogens with zero attached hydrogens (tertiary/aromatic N) is 7. The fourth-order valence-electron chi connectivity index (χ4n) is 16.8. The molecule has 10 bridgehead atoms. The van der Waals surface area contributed by atoms with Gasteiger partial charge in [0.1, 0.15) is 60.2 Å². The molecule has 39 nitrogen and oxygen atoms in total. The summed E-state index contributed by atoms with van der Waals surface area (Å²) >= 11 is 3.38. The summed E-state index contributed by atoms with van der Waals surface area (Å²) in [6.07, 6.45) is 8.52.